The van der Waals surface area contributed by atoms with Crippen LogP contribution in [0.3, 0.4) is 0 Å². The fourth-order valence-corrected chi connectivity index (χ4v) is 1.62. The number of carbonyl (C=O) groups excluding carboxylic acids is 1. The number of hydrogen-bond acceptors (Lipinski definition) is 4. The number of aryl methyl sites for hydroxylation is 1. The Morgan fingerprint density at radius 3 is 2.75 bits per heavy atom. The Hall–Kier alpha value is -2.18. The van der Waals surface area contributed by atoms with Crippen LogP contribution in [0.2, 0.25) is 0 Å². The van der Waals surface area contributed by atoms with Crippen molar-refractivity contribution in [3.63, 3.8) is 0 Å². The van der Waals surface area contributed by atoms with E-state index in [4.69, 9.17) is 5.11 Å². The second-order valence-corrected chi connectivity index (χ2v) is 4.41. The number of carboxylic acid groups (broad SMARTS) is 1. The number of carboxylic acids is 1. The van der Waals surface area contributed by atoms with Gasteiger partial charge in [-0.2, -0.15) is 0 Å². The van der Waals surface area contributed by atoms with E-state index in [0.29, 0.717) is 25.3 Å². The highest BCUT2D eigenvalue weighted by Crippen LogP contribution is 1.98. The van der Waals surface area contributed by atoms with E-state index in [1.807, 2.05) is 0 Å². The monoisotopic (exact) mass is 280 g/mol. The number of rotatable bonds is 8. The molecule has 0 aromatic carbocycles. The van der Waals surface area contributed by atoms with Crippen LogP contribution in [0.5, 0.6) is 0 Å². The summed E-state index contributed by atoms with van der Waals surface area (Å²) in [6, 6.07) is 1.50. The Balaban J connectivity index is 2.07. The number of nitrogens with one attached hydrogen (secondary N) is 2. The van der Waals surface area contributed by atoms with Gasteiger partial charge in [-0.1, -0.05) is 6.42 Å². The minimum Gasteiger partial charge on any atom is -0.481 e. The molecule has 1 aromatic heterocycles. The van der Waals surface area contributed by atoms with Crippen molar-refractivity contribution in [2.24, 2.45) is 0 Å². The Bertz CT molecular complexity index is 451. The summed E-state index contributed by atoms with van der Waals surface area (Å²) >= 11 is 0. The van der Waals surface area contributed by atoms with Gasteiger partial charge in [0, 0.05) is 19.2 Å². The molecule has 0 saturated carbocycles. The number of carbonyl (C=O) groups is 2. The van der Waals surface area contributed by atoms with Crippen LogP contribution in [0.25, 0.3) is 0 Å². The lowest BCUT2D eigenvalue weighted by Crippen LogP contribution is -2.35. The molecule has 0 radical (unpaired) electrons. The van der Waals surface area contributed by atoms with Crippen LogP contribution in [0.15, 0.2) is 12.3 Å². The average molecular weight is 280 g/mol. The molecule has 1 aromatic rings. The van der Waals surface area contributed by atoms with Gasteiger partial charge in [0.25, 0.3) is 0 Å². The second-order valence-electron chi connectivity index (χ2n) is 4.41. The van der Waals surface area contributed by atoms with Crippen LogP contribution in [0.1, 0.15) is 37.2 Å². The maximum atomic E-state index is 11.5. The third kappa shape index (κ3) is 7.30. The summed E-state index contributed by atoms with van der Waals surface area (Å²) in [6.45, 7) is 2.68. The fourth-order valence-electron chi connectivity index (χ4n) is 1.62. The molecule has 3 N–H and O–H groups in total. The maximum Gasteiger partial charge on any atom is 0.315 e. The first kappa shape index (κ1) is 15.9. The number of amides is 2. The lowest BCUT2D eigenvalue weighted by atomic mass is 10.2. The summed E-state index contributed by atoms with van der Waals surface area (Å²) in [7, 11) is 0. The summed E-state index contributed by atoms with van der Waals surface area (Å²) < 4.78 is 0. The molecule has 0 aliphatic carbocycles. The first-order chi connectivity index (χ1) is 9.58. The van der Waals surface area contributed by atoms with Gasteiger partial charge < -0.3 is 15.7 Å². The van der Waals surface area contributed by atoms with Gasteiger partial charge in [-0.3, -0.25) is 4.79 Å². The van der Waals surface area contributed by atoms with Gasteiger partial charge in [-0.25, -0.2) is 14.8 Å². The molecule has 0 aliphatic rings. The minimum atomic E-state index is -0.782. The molecular formula is C13H20N4O3. The van der Waals surface area contributed by atoms with Crippen LogP contribution in [0.4, 0.5) is 4.79 Å². The quantitative estimate of drug-likeness (QED) is 0.621. The van der Waals surface area contributed by atoms with Crippen LogP contribution in [0, 0.1) is 6.92 Å². The SMILES string of the molecule is Cc1nccc(CNC(=O)NCCCCCC(=O)O)n1. The molecule has 2 amide bonds. The van der Waals surface area contributed by atoms with Gasteiger partial charge in [0.15, 0.2) is 0 Å². The van der Waals surface area contributed by atoms with Gasteiger partial charge in [0.2, 0.25) is 0 Å². The Morgan fingerprint density at radius 1 is 1.25 bits per heavy atom. The van der Waals surface area contributed by atoms with Crippen LogP contribution >= 0.6 is 0 Å². The number of urea groups is 1. The molecule has 0 saturated heterocycles. The molecule has 0 aliphatic heterocycles. The maximum absolute atomic E-state index is 11.5. The fraction of sp³-hybridized carbons (Fsp3) is 0.538. The number of hydrogen-bond donors (Lipinski definition) is 3. The molecule has 110 valence electrons. The van der Waals surface area contributed by atoms with Crippen molar-refractivity contribution in [1.29, 1.82) is 0 Å². The minimum absolute atomic E-state index is 0.180. The van der Waals surface area contributed by atoms with E-state index < -0.39 is 5.97 Å². The van der Waals surface area contributed by atoms with E-state index in [0.717, 1.165) is 18.5 Å². The zero-order chi connectivity index (χ0) is 14.8. The van der Waals surface area contributed by atoms with Crippen molar-refractivity contribution in [2.75, 3.05) is 6.54 Å². The standard InChI is InChI=1S/C13H20N4O3/c1-10-14-8-6-11(17-10)9-16-13(20)15-7-4-2-3-5-12(18)19/h6,8H,2-5,7,9H2,1H3,(H,18,19)(H2,15,16,20). The lowest BCUT2D eigenvalue weighted by molar-refractivity contribution is -0.137. The average Bonchev–Trinajstić information content (AvgIpc) is 2.40. The normalized spacial score (nSPS) is 10.1. The third-order valence-corrected chi connectivity index (χ3v) is 2.62. The van der Waals surface area contributed by atoms with Gasteiger partial charge in [0.05, 0.1) is 12.2 Å². The molecule has 0 spiro atoms. The number of nitrogens with zero attached hydrogens (tertiary/aromatic N) is 2. The summed E-state index contributed by atoms with van der Waals surface area (Å²) in [4.78, 5) is 29.9. The molecule has 20 heavy (non-hydrogen) atoms. The van der Waals surface area contributed by atoms with Crippen molar-refractivity contribution < 1.29 is 14.7 Å². The second kappa shape index (κ2) is 8.84. The van der Waals surface area contributed by atoms with Gasteiger partial charge in [-0.05, 0) is 25.8 Å². The number of aromatic nitrogens is 2. The molecule has 0 unspecified atom stereocenters. The molecule has 0 bridgehead atoms. The van der Waals surface area contributed by atoms with Gasteiger partial charge in [0.1, 0.15) is 5.82 Å². The highest BCUT2D eigenvalue weighted by molar-refractivity contribution is 5.73. The van der Waals surface area contributed by atoms with E-state index in [-0.39, 0.29) is 12.5 Å². The first-order valence-electron chi connectivity index (χ1n) is 6.60. The molecule has 0 atom stereocenters. The number of aliphatic carboxylic acids is 1. The predicted octanol–water partition coefficient (Wildman–Crippen LogP) is 1.23. The summed E-state index contributed by atoms with van der Waals surface area (Å²) in [5.41, 5.74) is 0.758. The van der Waals surface area contributed by atoms with Crippen LogP contribution < -0.4 is 10.6 Å². The van der Waals surface area contributed by atoms with Crippen molar-refractivity contribution in [3.05, 3.63) is 23.8 Å². The summed E-state index contributed by atoms with van der Waals surface area (Å²) in [5, 5.41) is 13.9. The molecule has 0 fully saturated rings. The zero-order valence-electron chi connectivity index (χ0n) is 11.6. The van der Waals surface area contributed by atoms with Crippen LogP contribution in [-0.4, -0.2) is 33.6 Å². The van der Waals surface area contributed by atoms with Crippen molar-refractivity contribution >= 4 is 12.0 Å². The highest BCUT2D eigenvalue weighted by atomic mass is 16.4. The summed E-state index contributed by atoms with van der Waals surface area (Å²) in [5.74, 6) is -0.112. The molecule has 1 rings (SSSR count). The smallest absolute Gasteiger partial charge is 0.315 e. The molecule has 7 heteroatoms. The Labute approximate surface area is 117 Å². The van der Waals surface area contributed by atoms with E-state index in [2.05, 4.69) is 20.6 Å². The van der Waals surface area contributed by atoms with E-state index in [1.165, 1.54) is 0 Å². The van der Waals surface area contributed by atoms with E-state index >= 15 is 0 Å². The molecular weight excluding hydrogens is 260 g/mol. The van der Waals surface area contributed by atoms with Gasteiger partial charge in [-0.15, -0.1) is 0 Å². The van der Waals surface area contributed by atoms with Crippen LogP contribution in [-0.2, 0) is 11.3 Å². The zero-order valence-corrected chi connectivity index (χ0v) is 11.6. The van der Waals surface area contributed by atoms with Crippen molar-refractivity contribution in [2.45, 2.75) is 39.2 Å². The van der Waals surface area contributed by atoms with E-state index in [9.17, 15) is 9.59 Å². The first-order valence-corrected chi connectivity index (χ1v) is 6.60. The molecule has 1 heterocycles. The third-order valence-electron chi connectivity index (χ3n) is 2.62. The predicted molar refractivity (Wildman–Crippen MR) is 73.1 cm³/mol. The lowest BCUT2D eigenvalue weighted by Gasteiger charge is -2.07. The summed E-state index contributed by atoms with van der Waals surface area (Å²) in [6.07, 6.45) is 4.03. The van der Waals surface area contributed by atoms with E-state index in [1.54, 1.807) is 19.2 Å². The van der Waals surface area contributed by atoms with Crippen molar-refractivity contribution in [3.8, 4) is 0 Å². The van der Waals surface area contributed by atoms with Gasteiger partial charge >= 0.3 is 12.0 Å². The Morgan fingerprint density at radius 2 is 2.05 bits per heavy atom. The largest absolute Gasteiger partial charge is 0.481 e. The highest BCUT2D eigenvalue weighted by Gasteiger charge is 2.01. The Kier molecular flexibility index (Phi) is 7.02. The molecule has 7 nitrogen and oxygen atoms in total. The van der Waals surface area contributed by atoms with Crippen molar-refractivity contribution in [1.82, 2.24) is 20.6 Å². The topological polar surface area (TPSA) is 104 Å². The number of unbranched alkanes of at least 4 members (excludes halogenated alkanes) is 2.